The van der Waals surface area contributed by atoms with Crippen molar-refractivity contribution in [2.75, 3.05) is 0 Å². The van der Waals surface area contributed by atoms with Crippen LogP contribution < -0.4 is 5.73 Å². The summed E-state index contributed by atoms with van der Waals surface area (Å²) in [7, 11) is 0. The fraction of sp³-hybridized carbons (Fsp3) is 0.857. The van der Waals surface area contributed by atoms with Crippen molar-refractivity contribution in [2.45, 2.75) is 39.3 Å². The van der Waals surface area contributed by atoms with Crippen LogP contribution >= 0.6 is 0 Å². The van der Waals surface area contributed by atoms with Crippen LogP contribution in [0.1, 0.15) is 27.2 Å². The van der Waals surface area contributed by atoms with Crippen LogP contribution in [0, 0.1) is 0 Å². The molecule has 0 unspecified atom stereocenters. The Morgan fingerprint density at radius 2 is 2.10 bits per heavy atom. The number of ether oxygens (including phenoxy) is 1. The maximum Gasteiger partial charge on any atom is 0.322 e. The Morgan fingerprint density at radius 3 is 2.40 bits per heavy atom. The maximum atomic E-state index is 10.8. The van der Waals surface area contributed by atoms with Crippen molar-refractivity contribution in [3.05, 3.63) is 0 Å². The summed E-state index contributed by atoms with van der Waals surface area (Å²) in [4.78, 5) is 10.8. The second kappa shape index (κ2) is 4.28. The molecule has 0 aliphatic carbocycles. The average Bonchev–Trinajstić information content (AvgIpc) is 1.87. The van der Waals surface area contributed by atoms with Crippen molar-refractivity contribution in [1.29, 1.82) is 0 Å². The van der Waals surface area contributed by atoms with E-state index in [9.17, 15) is 4.79 Å². The van der Waals surface area contributed by atoms with Gasteiger partial charge in [0.15, 0.2) is 0 Å². The Labute approximate surface area is 61.5 Å². The highest BCUT2D eigenvalue weighted by Gasteiger charge is 2.11. The molecule has 0 heterocycles. The summed E-state index contributed by atoms with van der Waals surface area (Å²) in [5.41, 5.74) is 5.26. The average molecular weight is 145 g/mol. The Kier molecular flexibility index (Phi) is 4.03. The molecule has 0 fully saturated rings. The number of rotatable bonds is 3. The summed E-state index contributed by atoms with van der Waals surface area (Å²) in [5.74, 6) is -0.325. The third-order valence-electron chi connectivity index (χ3n) is 1.26. The third-order valence-corrected chi connectivity index (χ3v) is 1.26. The van der Waals surface area contributed by atoms with E-state index >= 15 is 0 Å². The van der Waals surface area contributed by atoms with Gasteiger partial charge in [0, 0.05) is 0 Å². The van der Waals surface area contributed by atoms with Crippen LogP contribution in [0.5, 0.6) is 0 Å². The van der Waals surface area contributed by atoms with Gasteiger partial charge in [0.2, 0.25) is 0 Å². The van der Waals surface area contributed by atoms with Crippen LogP contribution in [0.25, 0.3) is 0 Å². The number of hydrogen-bond acceptors (Lipinski definition) is 3. The third kappa shape index (κ3) is 3.45. The normalized spacial score (nSPS) is 16.0. The van der Waals surface area contributed by atoms with Gasteiger partial charge in [-0.3, -0.25) is 4.79 Å². The van der Waals surface area contributed by atoms with Crippen molar-refractivity contribution < 1.29 is 9.53 Å². The van der Waals surface area contributed by atoms with Gasteiger partial charge in [0.1, 0.15) is 6.04 Å². The quantitative estimate of drug-likeness (QED) is 0.594. The molecule has 0 saturated carbocycles. The Hall–Kier alpha value is -0.570. The molecule has 0 radical (unpaired) electrons. The first-order valence-electron chi connectivity index (χ1n) is 3.54. The van der Waals surface area contributed by atoms with Gasteiger partial charge in [-0.25, -0.2) is 0 Å². The molecule has 3 heteroatoms. The lowest BCUT2D eigenvalue weighted by Gasteiger charge is -2.11. The van der Waals surface area contributed by atoms with Crippen LogP contribution in [0.4, 0.5) is 0 Å². The van der Waals surface area contributed by atoms with Crippen LogP contribution in [0.2, 0.25) is 0 Å². The topological polar surface area (TPSA) is 52.3 Å². The predicted octanol–water partition coefficient (Wildman–Crippen LogP) is 0.675. The summed E-state index contributed by atoms with van der Waals surface area (Å²) >= 11 is 0. The van der Waals surface area contributed by atoms with Crippen LogP contribution in [-0.2, 0) is 9.53 Å². The zero-order valence-electron chi connectivity index (χ0n) is 6.76. The molecule has 0 aromatic heterocycles. The van der Waals surface area contributed by atoms with Crippen LogP contribution in [-0.4, -0.2) is 18.1 Å². The van der Waals surface area contributed by atoms with Gasteiger partial charge < -0.3 is 10.5 Å². The molecular weight excluding hydrogens is 130 g/mol. The largest absolute Gasteiger partial charge is 0.462 e. The van der Waals surface area contributed by atoms with E-state index < -0.39 is 6.04 Å². The van der Waals surface area contributed by atoms with E-state index in [-0.39, 0.29) is 12.1 Å². The Balaban J connectivity index is 3.57. The molecule has 10 heavy (non-hydrogen) atoms. The van der Waals surface area contributed by atoms with Crippen molar-refractivity contribution in [2.24, 2.45) is 5.73 Å². The minimum Gasteiger partial charge on any atom is -0.462 e. The van der Waals surface area contributed by atoms with Crippen molar-refractivity contribution >= 4 is 5.97 Å². The number of esters is 1. The number of hydrogen-bond donors (Lipinski definition) is 1. The highest BCUT2D eigenvalue weighted by molar-refractivity contribution is 5.75. The first kappa shape index (κ1) is 9.43. The molecule has 0 rings (SSSR count). The molecule has 0 aliphatic heterocycles. The lowest BCUT2D eigenvalue weighted by molar-refractivity contribution is -0.149. The number of nitrogens with two attached hydrogens (primary N) is 1. The van der Waals surface area contributed by atoms with Crippen LogP contribution in [0.15, 0.2) is 0 Å². The Morgan fingerprint density at radius 1 is 1.60 bits per heavy atom. The van der Waals surface area contributed by atoms with E-state index in [1.807, 2.05) is 13.8 Å². The Bertz CT molecular complexity index is 112. The number of carbonyl (C=O) groups is 1. The summed E-state index contributed by atoms with van der Waals surface area (Å²) < 4.78 is 4.90. The van der Waals surface area contributed by atoms with E-state index in [0.717, 1.165) is 6.42 Å². The van der Waals surface area contributed by atoms with Crippen molar-refractivity contribution in [3.8, 4) is 0 Å². The van der Waals surface area contributed by atoms with Gasteiger partial charge in [-0.2, -0.15) is 0 Å². The fourth-order valence-electron chi connectivity index (χ4n) is 0.389. The first-order valence-corrected chi connectivity index (χ1v) is 3.54. The van der Waals surface area contributed by atoms with E-state index in [0.29, 0.717) is 0 Å². The zero-order valence-corrected chi connectivity index (χ0v) is 6.76. The van der Waals surface area contributed by atoms with Gasteiger partial charge in [0.25, 0.3) is 0 Å². The van der Waals surface area contributed by atoms with Gasteiger partial charge in [-0.05, 0) is 20.3 Å². The van der Waals surface area contributed by atoms with Crippen LogP contribution in [0.3, 0.4) is 0 Å². The van der Waals surface area contributed by atoms with Crippen molar-refractivity contribution in [3.63, 3.8) is 0 Å². The standard InChI is InChI=1S/C7H15NO2/c1-4-5(2)10-7(9)6(3)8/h5-6H,4,8H2,1-3H3/t5-,6+/m0/s1. The predicted molar refractivity (Wildman–Crippen MR) is 39.5 cm³/mol. The summed E-state index contributed by atoms with van der Waals surface area (Å²) in [6, 6.07) is -0.506. The molecule has 60 valence electrons. The highest BCUT2D eigenvalue weighted by Crippen LogP contribution is 1.97. The monoisotopic (exact) mass is 145 g/mol. The second-order valence-electron chi connectivity index (χ2n) is 2.44. The molecule has 0 aromatic carbocycles. The van der Waals surface area contributed by atoms with E-state index in [2.05, 4.69) is 0 Å². The molecular formula is C7H15NO2. The molecule has 2 atom stereocenters. The fourth-order valence-corrected chi connectivity index (χ4v) is 0.389. The summed E-state index contributed by atoms with van der Waals surface area (Å²) in [6.07, 6.45) is 0.817. The van der Waals surface area contributed by atoms with Gasteiger partial charge in [-0.1, -0.05) is 6.92 Å². The van der Waals surface area contributed by atoms with Gasteiger partial charge in [0.05, 0.1) is 6.10 Å². The van der Waals surface area contributed by atoms with Gasteiger partial charge in [-0.15, -0.1) is 0 Å². The second-order valence-corrected chi connectivity index (χ2v) is 2.44. The zero-order chi connectivity index (χ0) is 8.15. The smallest absolute Gasteiger partial charge is 0.322 e. The molecule has 0 aromatic rings. The minimum atomic E-state index is -0.506. The minimum absolute atomic E-state index is 0.0153. The highest BCUT2D eigenvalue weighted by atomic mass is 16.5. The molecule has 2 N–H and O–H groups in total. The van der Waals surface area contributed by atoms with Gasteiger partial charge >= 0.3 is 5.97 Å². The molecule has 0 saturated heterocycles. The molecule has 3 nitrogen and oxygen atoms in total. The molecule has 0 aliphatic rings. The SMILES string of the molecule is CC[C@H](C)OC(=O)[C@@H](C)N. The van der Waals surface area contributed by atoms with E-state index in [1.165, 1.54) is 0 Å². The molecule has 0 amide bonds. The maximum absolute atomic E-state index is 10.8. The molecule has 0 spiro atoms. The lowest BCUT2D eigenvalue weighted by Crippen LogP contribution is -2.31. The lowest BCUT2D eigenvalue weighted by atomic mass is 10.3. The van der Waals surface area contributed by atoms with E-state index in [4.69, 9.17) is 10.5 Å². The first-order chi connectivity index (χ1) is 4.57. The summed E-state index contributed by atoms with van der Waals surface area (Å²) in [6.45, 7) is 5.42. The van der Waals surface area contributed by atoms with E-state index in [1.54, 1.807) is 6.92 Å². The van der Waals surface area contributed by atoms with Crippen molar-refractivity contribution in [1.82, 2.24) is 0 Å². The summed E-state index contributed by atoms with van der Waals surface area (Å²) in [5, 5.41) is 0. The molecule has 0 bridgehead atoms. The number of carbonyl (C=O) groups excluding carboxylic acids is 1.